The number of nitrogens with one attached hydrogen (secondary N) is 1. The molecule has 1 heterocycles. The average Bonchev–Trinajstić information content (AvgIpc) is 2.83. The highest BCUT2D eigenvalue weighted by Crippen LogP contribution is 2.31. The molecule has 0 aromatic heterocycles. The van der Waals surface area contributed by atoms with Gasteiger partial charge in [-0.05, 0) is 37.4 Å². The predicted octanol–water partition coefficient (Wildman–Crippen LogP) is 3.34. The van der Waals surface area contributed by atoms with Gasteiger partial charge in [0.15, 0.2) is 0 Å². The number of hydrogen-bond acceptors (Lipinski definition) is 1. The molecule has 0 saturated carbocycles. The molecule has 0 spiro atoms. The summed E-state index contributed by atoms with van der Waals surface area (Å²) in [6, 6.07) is 6.83. The van der Waals surface area contributed by atoms with Crippen molar-refractivity contribution in [3.05, 3.63) is 35.4 Å². The van der Waals surface area contributed by atoms with Gasteiger partial charge in [0.05, 0.1) is 0 Å². The molecule has 3 heteroatoms. The van der Waals surface area contributed by atoms with Gasteiger partial charge in [-0.25, -0.2) is 8.78 Å². The molecule has 1 nitrogen and oxygen atoms in total. The van der Waals surface area contributed by atoms with E-state index in [1.54, 1.807) is 12.1 Å². The van der Waals surface area contributed by atoms with E-state index in [4.69, 9.17) is 0 Å². The molecule has 1 saturated heterocycles. The van der Waals surface area contributed by atoms with Crippen molar-refractivity contribution in [2.45, 2.75) is 32.1 Å². The van der Waals surface area contributed by atoms with E-state index in [0.29, 0.717) is 5.92 Å². The fourth-order valence-corrected chi connectivity index (χ4v) is 2.31. The number of halogens is 2. The van der Waals surface area contributed by atoms with E-state index in [9.17, 15) is 8.78 Å². The fraction of sp³-hybridized carbons (Fsp3) is 0.571. The van der Waals surface area contributed by atoms with Crippen LogP contribution in [0.3, 0.4) is 0 Å². The van der Waals surface area contributed by atoms with Crippen molar-refractivity contribution in [2.75, 3.05) is 13.1 Å². The second-order valence-corrected chi connectivity index (χ2v) is 4.82. The van der Waals surface area contributed by atoms with Crippen molar-refractivity contribution < 1.29 is 8.78 Å². The molecule has 1 aliphatic heterocycles. The molecule has 94 valence electrons. The number of rotatable bonds is 4. The molecule has 1 aromatic carbocycles. The SMILES string of the molecule is CCC(F)(F)c1ccc(CC2CCNC2)cc1. The Labute approximate surface area is 101 Å². The van der Waals surface area contributed by atoms with Gasteiger partial charge in [0.2, 0.25) is 0 Å². The Morgan fingerprint density at radius 3 is 2.53 bits per heavy atom. The Morgan fingerprint density at radius 1 is 1.29 bits per heavy atom. The van der Waals surface area contributed by atoms with E-state index in [0.717, 1.165) is 25.1 Å². The summed E-state index contributed by atoms with van der Waals surface area (Å²) in [5.74, 6) is -2.03. The summed E-state index contributed by atoms with van der Waals surface area (Å²) >= 11 is 0. The van der Waals surface area contributed by atoms with Crippen molar-refractivity contribution in [1.82, 2.24) is 5.32 Å². The molecule has 1 unspecified atom stereocenters. The van der Waals surface area contributed by atoms with E-state index in [2.05, 4.69) is 5.32 Å². The Kier molecular flexibility index (Phi) is 3.77. The van der Waals surface area contributed by atoms with Crippen LogP contribution >= 0.6 is 0 Å². The van der Waals surface area contributed by atoms with Gasteiger partial charge in [0, 0.05) is 12.0 Å². The van der Waals surface area contributed by atoms with Crippen LogP contribution in [0.15, 0.2) is 24.3 Å². The molecular formula is C14H19F2N. The van der Waals surface area contributed by atoms with Crippen molar-refractivity contribution in [2.24, 2.45) is 5.92 Å². The van der Waals surface area contributed by atoms with Gasteiger partial charge in [-0.3, -0.25) is 0 Å². The standard InChI is InChI=1S/C14H19F2N/c1-2-14(15,16)13-5-3-11(4-6-13)9-12-7-8-17-10-12/h3-6,12,17H,2,7-10H2,1H3. The van der Waals surface area contributed by atoms with Gasteiger partial charge in [-0.15, -0.1) is 0 Å². The normalized spacial score (nSPS) is 20.8. The fourth-order valence-electron chi connectivity index (χ4n) is 2.31. The lowest BCUT2D eigenvalue weighted by atomic mass is 9.96. The van der Waals surface area contributed by atoms with Crippen LogP contribution in [0.2, 0.25) is 0 Å². The van der Waals surface area contributed by atoms with Crippen LogP contribution in [0.5, 0.6) is 0 Å². The maximum atomic E-state index is 13.4. The highest BCUT2D eigenvalue weighted by atomic mass is 19.3. The molecule has 1 aliphatic rings. The van der Waals surface area contributed by atoms with Crippen LogP contribution in [0.4, 0.5) is 8.78 Å². The summed E-state index contributed by atoms with van der Waals surface area (Å²) in [6.07, 6.45) is 2.04. The molecule has 2 rings (SSSR count). The van der Waals surface area contributed by atoms with E-state index in [1.165, 1.54) is 13.3 Å². The van der Waals surface area contributed by atoms with Crippen molar-refractivity contribution >= 4 is 0 Å². The molecule has 17 heavy (non-hydrogen) atoms. The number of hydrogen-bond donors (Lipinski definition) is 1. The highest BCUT2D eigenvalue weighted by Gasteiger charge is 2.28. The minimum absolute atomic E-state index is 0.133. The smallest absolute Gasteiger partial charge is 0.273 e. The molecule has 0 aliphatic carbocycles. The summed E-state index contributed by atoms with van der Waals surface area (Å²) in [5, 5.41) is 3.32. The van der Waals surface area contributed by atoms with E-state index in [-0.39, 0.29) is 12.0 Å². The molecule has 1 atom stereocenters. The number of alkyl halides is 2. The maximum absolute atomic E-state index is 13.4. The summed E-state index contributed by atoms with van der Waals surface area (Å²) in [4.78, 5) is 0. The van der Waals surface area contributed by atoms with Crippen LogP contribution < -0.4 is 5.32 Å². The van der Waals surface area contributed by atoms with Crippen LogP contribution in [-0.2, 0) is 12.3 Å². The molecule has 0 bridgehead atoms. The monoisotopic (exact) mass is 239 g/mol. The zero-order valence-corrected chi connectivity index (χ0v) is 10.2. The second-order valence-electron chi connectivity index (χ2n) is 4.82. The van der Waals surface area contributed by atoms with Gasteiger partial charge in [-0.1, -0.05) is 31.2 Å². The molecule has 1 fully saturated rings. The largest absolute Gasteiger partial charge is 0.316 e. The van der Waals surface area contributed by atoms with Crippen LogP contribution in [0.1, 0.15) is 30.9 Å². The lowest BCUT2D eigenvalue weighted by Gasteiger charge is -2.15. The molecule has 0 amide bonds. The van der Waals surface area contributed by atoms with E-state index < -0.39 is 5.92 Å². The Balaban J connectivity index is 2.02. The molecule has 0 radical (unpaired) electrons. The molecule has 1 N–H and O–H groups in total. The van der Waals surface area contributed by atoms with Crippen LogP contribution in [-0.4, -0.2) is 13.1 Å². The second kappa shape index (κ2) is 5.13. The third-order valence-corrected chi connectivity index (χ3v) is 3.51. The summed E-state index contributed by atoms with van der Waals surface area (Å²) < 4.78 is 26.8. The minimum atomic E-state index is -2.69. The lowest BCUT2D eigenvalue weighted by Crippen LogP contribution is -2.12. The van der Waals surface area contributed by atoms with Crippen LogP contribution in [0.25, 0.3) is 0 Å². The zero-order chi connectivity index (χ0) is 12.3. The highest BCUT2D eigenvalue weighted by molar-refractivity contribution is 5.26. The Hall–Kier alpha value is -0.960. The van der Waals surface area contributed by atoms with Gasteiger partial charge in [0.1, 0.15) is 0 Å². The first-order valence-corrected chi connectivity index (χ1v) is 6.30. The Morgan fingerprint density at radius 2 is 2.00 bits per heavy atom. The zero-order valence-electron chi connectivity index (χ0n) is 10.2. The topological polar surface area (TPSA) is 12.0 Å². The molecule has 1 aromatic rings. The van der Waals surface area contributed by atoms with Gasteiger partial charge < -0.3 is 5.32 Å². The average molecular weight is 239 g/mol. The van der Waals surface area contributed by atoms with Crippen molar-refractivity contribution in [3.63, 3.8) is 0 Å². The number of benzene rings is 1. The third kappa shape index (κ3) is 3.03. The van der Waals surface area contributed by atoms with Crippen molar-refractivity contribution in [1.29, 1.82) is 0 Å². The van der Waals surface area contributed by atoms with Gasteiger partial charge in [0.25, 0.3) is 5.92 Å². The maximum Gasteiger partial charge on any atom is 0.273 e. The van der Waals surface area contributed by atoms with Gasteiger partial charge in [-0.2, -0.15) is 0 Å². The summed E-state index contributed by atoms with van der Waals surface area (Å²) in [5.41, 5.74) is 1.29. The minimum Gasteiger partial charge on any atom is -0.316 e. The Bertz CT molecular complexity index is 353. The lowest BCUT2D eigenvalue weighted by molar-refractivity contribution is -0.00829. The van der Waals surface area contributed by atoms with Gasteiger partial charge >= 0.3 is 0 Å². The van der Waals surface area contributed by atoms with Crippen LogP contribution in [0, 0.1) is 5.92 Å². The van der Waals surface area contributed by atoms with Crippen molar-refractivity contribution in [3.8, 4) is 0 Å². The summed E-state index contributed by atoms with van der Waals surface area (Å²) in [7, 11) is 0. The third-order valence-electron chi connectivity index (χ3n) is 3.51. The first-order chi connectivity index (χ1) is 8.12. The first kappa shape index (κ1) is 12.5. The van der Waals surface area contributed by atoms with E-state index >= 15 is 0 Å². The summed E-state index contributed by atoms with van der Waals surface area (Å²) in [6.45, 7) is 3.64. The first-order valence-electron chi connectivity index (χ1n) is 6.30. The predicted molar refractivity (Wildman–Crippen MR) is 65.3 cm³/mol. The molecular weight excluding hydrogens is 220 g/mol. The quantitative estimate of drug-likeness (QED) is 0.849. The van der Waals surface area contributed by atoms with E-state index in [1.807, 2.05) is 12.1 Å².